The van der Waals surface area contributed by atoms with Crippen LogP contribution in [-0.2, 0) is 4.79 Å². The maximum absolute atomic E-state index is 11.4. The summed E-state index contributed by atoms with van der Waals surface area (Å²) in [6, 6.07) is 1.05. The second kappa shape index (κ2) is 5.15. The van der Waals surface area contributed by atoms with Crippen molar-refractivity contribution in [3.63, 3.8) is 0 Å². The second-order valence-electron chi connectivity index (χ2n) is 6.21. The minimum atomic E-state index is -0.768. The lowest BCUT2D eigenvalue weighted by Crippen LogP contribution is -2.51. The van der Waals surface area contributed by atoms with E-state index in [1.165, 1.54) is 12.8 Å². The van der Waals surface area contributed by atoms with Crippen LogP contribution in [0.25, 0.3) is 0 Å². The fourth-order valence-corrected chi connectivity index (χ4v) is 3.51. The highest BCUT2D eigenvalue weighted by atomic mass is 16.1. The third-order valence-corrected chi connectivity index (χ3v) is 4.48. The number of nitrogens with zero attached hydrogens (tertiary/aromatic N) is 2. The van der Waals surface area contributed by atoms with Gasteiger partial charge in [0.15, 0.2) is 0 Å². The van der Waals surface area contributed by atoms with E-state index in [-0.39, 0.29) is 5.91 Å². The molecule has 2 aliphatic rings. The van der Waals surface area contributed by atoms with Gasteiger partial charge in [-0.05, 0) is 52.7 Å². The largest absolute Gasteiger partial charge is 0.368 e. The fraction of sp³-hybridized carbons (Fsp3) is 0.923. The molecule has 2 fully saturated rings. The first kappa shape index (κ1) is 13.8. The Labute approximate surface area is 109 Å². The molecular weight excluding hydrogens is 228 g/mol. The van der Waals surface area contributed by atoms with Crippen LogP contribution >= 0.6 is 0 Å². The van der Waals surface area contributed by atoms with Crippen molar-refractivity contribution in [2.75, 3.05) is 27.2 Å². The van der Waals surface area contributed by atoms with Crippen molar-refractivity contribution in [2.24, 2.45) is 11.5 Å². The number of hydrogen-bond acceptors (Lipinski definition) is 4. The molecule has 104 valence electrons. The van der Waals surface area contributed by atoms with Crippen LogP contribution < -0.4 is 11.5 Å². The zero-order valence-corrected chi connectivity index (χ0v) is 11.6. The molecule has 3 atom stereocenters. The van der Waals surface area contributed by atoms with Gasteiger partial charge in [-0.25, -0.2) is 0 Å². The molecule has 0 aromatic carbocycles. The Morgan fingerprint density at radius 3 is 2.72 bits per heavy atom. The van der Waals surface area contributed by atoms with Crippen LogP contribution in [-0.4, -0.2) is 60.5 Å². The molecule has 3 unspecified atom stereocenters. The van der Waals surface area contributed by atoms with Crippen LogP contribution in [0, 0.1) is 0 Å². The van der Waals surface area contributed by atoms with Gasteiger partial charge >= 0.3 is 0 Å². The number of primary amides is 1. The van der Waals surface area contributed by atoms with Crippen LogP contribution in [0.4, 0.5) is 0 Å². The van der Waals surface area contributed by atoms with E-state index in [4.69, 9.17) is 11.5 Å². The monoisotopic (exact) mass is 254 g/mol. The van der Waals surface area contributed by atoms with E-state index in [1.54, 1.807) is 0 Å². The number of hydrogen-bond donors (Lipinski definition) is 2. The van der Waals surface area contributed by atoms with E-state index in [1.807, 2.05) is 0 Å². The SMILES string of the molecule is CN(C)CC1CCCN1C1CCC(N)(C(N)=O)C1. The van der Waals surface area contributed by atoms with E-state index < -0.39 is 5.54 Å². The zero-order valence-electron chi connectivity index (χ0n) is 11.6. The number of rotatable bonds is 4. The lowest BCUT2D eigenvalue weighted by molar-refractivity contribution is -0.123. The van der Waals surface area contributed by atoms with Crippen LogP contribution in [0.5, 0.6) is 0 Å². The van der Waals surface area contributed by atoms with E-state index in [2.05, 4.69) is 23.9 Å². The number of carbonyl (C=O) groups is 1. The Bertz CT molecular complexity index is 320. The van der Waals surface area contributed by atoms with Crippen LogP contribution in [0.2, 0.25) is 0 Å². The number of amides is 1. The fourth-order valence-electron chi connectivity index (χ4n) is 3.51. The Morgan fingerprint density at radius 1 is 1.44 bits per heavy atom. The van der Waals surface area contributed by atoms with Crippen molar-refractivity contribution in [1.82, 2.24) is 9.80 Å². The maximum Gasteiger partial charge on any atom is 0.237 e. The number of carbonyl (C=O) groups excluding carboxylic acids is 1. The van der Waals surface area contributed by atoms with Gasteiger partial charge in [-0.1, -0.05) is 0 Å². The normalized spacial score (nSPS) is 37.6. The first-order valence-electron chi connectivity index (χ1n) is 6.91. The molecule has 1 saturated carbocycles. The predicted octanol–water partition coefficient (Wildman–Crippen LogP) is -0.252. The van der Waals surface area contributed by atoms with Crippen molar-refractivity contribution in [1.29, 1.82) is 0 Å². The summed E-state index contributed by atoms with van der Waals surface area (Å²) in [5.74, 6) is -0.339. The lowest BCUT2D eigenvalue weighted by atomic mass is 9.98. The summed E-state index contributed by atoms with van der Waals surface area (Å²) in [5, 5.41) is 0. The van der Waals surface area contributed by atoms with E-state index in [9.17, 15) is 4.79 Å². The van der Waals surface area contributed by atoms with Gasteiger partial charge in [0.25, 0.3) is 0 Å². The summed E-state index contributed by atoms with van der Waals surface area (Å²) in [6.07, 6.45) is 4.97. The molecule has 0 bridgehead atoms. The van der Waals surface area contributed by atoms with Gasteiger partial charge in [-0.2, -0.15) is 0 Å². The average Bonchev–Trinajstić information content (AvgIpc) is 2.85. The summed E-state index contributed by atoms with van der Waals surface area (Å²) in [4.78, 5) is 16.2. The predicted molar refractivity (Wildman–Crippen MR) is 72.0 cm³/mol. The van der Waals surface area contributed by atoms with Gasteiger partial charge in [-0.3, -0.25) is 9.69 Å². The lowest BCUT2D eigenvalue weighted by Gasteiger charge is -2.33. The molecule has 1 aliphatic heterocycles. The highest BCUT2D eigenvalue weighted by Crippen LogP contribution is 2.34. The minimum absolute atomic E-state index is 0.339. The number of likely N-dealkylation sites (N-methyl/N-ethyl adjacent to an activating group) is 1. The molecular formula is C13H26N4O. The Morgan fingerprint density at radius 2 is 2.17 bits per heavy atom. The molecule has 18 heavy (non-hydrogen) atoms. The van der Waals surface area contributed by atoms with Crippen molar-refractivity contribution >= 4 is 5.91 Å². The van der Waals surface area contributed by atoms with E-state index >= 15 is 0 Å². The molecule has 2 rings (SSSR count). The van der Waals surface area contributed by atoms with Crippen LogP contribution in [0.1, 0.15) is 32.1 Å². The zero-order chi connectivity index (χ0) is 13.3. The Hall–Kier alpha value is -0.650. The maximum atomic E-state index is 11.4. The molecule has 5 nitrogen and oxygen atoms in total. The van der Waals surface area contributed by atoms with Gasteiger partial charge in [-0.15, -0.1) is 0 Å². The summed E-state index contributed by atoms with van der Waals surface area (Å²) < 4.78 is 0. The summed E-state index contributed by atoms with van der Waals surface area (Å²) in [5.41, 5.74) is 10.7. The summed E-state index contributed by atoms with van der Waals surface area (Å²) in [7, 11) is 4.23. The number of likely N-dealkylation sites (tertiary alicyclic amines) is 1. The van der Waals surface area contributed by atoms with Gasteiger partial charge in [0, 0.05) is 18.6 Å². The smallest absolute Gasteiger partial charge is 0.237 e. The van der Waals surface area contributed by atoms with Gasteiger partial charge in [0.2, 0.25) is 5.91 Å². The molecule has 0 radical (unpaired) electrons. The topological polar surface area (TPSA) is 75.6 Å². The minimum Gasteiger partial charge on any atom is -0.368 e. The van der Waals surface area contributed by atoms with Gasteiger partial charge < -0.3 is 16.4 Å². The molecule has 4 N–H and O–H groups in total. The molecule has 1 amide bonds. The summed E-state index contributed by atoms with van der Waals surface area (Å²) >= 11 is 0. The molecule has 1 aliphatic carbocycles. The van der Waals surface area contributed by atoms with Gasteiger partial charge in [0.1, 0.15) is 0 Å². The van der Waals surface area contributed by atoms with Gasteiger partial charge in [0.05, 0.1) is 5.54 Å². The molecule has 1 heterocycles. The number of nitrogens with two attached hydrogens (primary N) is 2. The van der Waals surface area contributed by atoms with E-state index in [0.29, 0.717) is 12.1 Å². The first-order chi connectivity index (χ1) is 8.42. The standard InChI is InChI=1S/C13H26N4O/c1-16(2)9-11-4-3-7-17(11)10-5-6-13(15,8-10)12(14)18/h10-11H,3-9,15H2,1-2H3,(H2,14,18). The summed E-state index contributed by atoms with van der Waals surface area (Å²) in [6.45, 7) is 2.22. The Kier molecular flexibility index (Phi) is 3.94. The highest BCUT2D eigenvalue weighted by Gasteiger charge is 2.44. The van der Waals surface area contributed by atoms with E-state index in [0.717, 1.165) is 32.4 Å². The molecule has 0 aromatic rings. The molecule has 5 heteroatoms. The third-order valence-electron chi connectivity index (χ3n) is 4.48. The second-order valence-corrected chi connectivity index (χ2v) is 6.21. The van der Waals surface area contributed by atoms with Crippen molar-refractivity contribution < 1.29 is 4.79 Å². The van der Waals surface area contributed by atoms with Crippen LogP contribution in [0.15, 0.2) is 0 Å². The third kappa shape index (κ3) is 2.68. The van der Waals surface area contributed by atoms with Crippen molar-refractivity contribution in [3.8, 4) is 0 Å². The Balaban J connectivity index is 1.98. The molecule has 1 saturated heterocycles. The highest BCUT2D eigenvalue weighted by molar-refractivity contribution is 5.84. The van der Waals surface area contributed by atoms with Crippen molar-refractivity contribution in [3.05, 3.63) is 0 Å². The quantitative estimate of drug-likeness (QED) is 0.725. The average molecular weight is 254 g/mol. The molecule has 0 spiro atoms. The molecule has 0 aromatic heterocycles. The van der Waals surface area contributed by atoms with Crippen LogP contribution in [0.3, 0.4) is 0 Å². The van der Waals surface area contributed by atoms with Crippen molar-refractivity contribution in [2.45, 2.75) is 49.7 Å². The first-order valence-corrected chi connectivity index (χ1v) is 6.91.